The molecular formula is C20H34O3Si. The van der Waals surface area contributed by atoms with Gasteiger partial charge in [0.2, 0.25) is 0 Å². The molecule has 0 aliphatic carbocycles. The Bertz CT molecular complexity index is 449. The van der Waals surface area contributed by atoms with Gasteiger partial charge in [-0.05, 0) is 23.3 Å². The fourth-order valence-corrected chi connectivity index (χ4v) is 5.01. The molecule has 1 aromatic carbocycles. The first-order valence-electron chi connectivity index (χ1n) is 8.94. The van der Waals surface area contributed by atoms with Crippen molar-refractivity contribution in [3.63, 3.8) is 0 Å². The summed E-state index contributed by atoms with van der Waals surface area (Å²) >= 11 is 0. The van der Waals surface area contributed by atoms with E-state index in [-0.39, 0.29) is 0 Å². The summed E-state index contributed by atoms with van der Waals surface area (Å²) in [6.07, 6.45) is 1.84. The molecule has 0 heterocycles. The quantitative estimate of drug-likeness (QED) is 0.550. The Hall–Kier alpha value is -0.943. The van der Waals surface area contributed by atoms with Gasteiger partial charge in [-0.25, -0.2) is 0 Å². The second kappa shape index (κ2) is 10.1. The SMILES string of the molecule is C=Cc1ccc([Si](OCC(C)C)(OCC(C)C)OCC(C)C)cc1. The lowest BCUT2D eigenvalue weighted by molar-refractivity contribution is 0.0495. The minimum absolute atomic E-state index is 0.426. The Morgan fingerprint density at radius 2 is 1.17 bits per heavy atom. The number of benzene rings is 1. The van der Waals surface area contributed by atoms with E-state index in [4.69, 9.17) is 13.3 Å². The van der Waals surface area contributed by atoms with E-state index in [1.54, 1.807) is 0 Å². The first kappa shape index (κ1) is 21.1. The van der Waals surface area contributed by atoms with E-state index >= 15 is 0 Å². The Labute approximate surface area is 149 Å². The van der Waals surface area contributed by atoms with Crippen molar-refractivity contribution in [2.45, 2.75) is 41.5 Å². The van der Waals surface area contributed by atoms with Crippen molar-refractivity contribution >= 4 is 20.1 Å². The van der Waals surface area contributed by atoms with E-state index in [0.29, 0.717) is 37.6 Å². The van der Waals surface area contributed by atoms with Crippen LogP contribution in [0.25, 0.3) is 6.08 Å². The van der Waals surface area contributed by atoms with Crippen LogP contribution in [-0.2, 0) is 13.3 Å². The molecule has 1 aromatic rings. The summed E-state index contributed by atoms with van der Waals surface area (Å²) in [6.45, 7) is 18.6. The zero-order valence-electron chi connectivity index (χ0n) is 16.2. The summed E-state index contributed by atoms with van der Waals surface area (Å²) in [4.78, 5) is 0. The molecule has 0 atom stereocenters. The molecule has 0 saturated heterocycles. The van der Waals surface area contributed by atoms with Gasteiger partial charge in [0.05, 0.1) is 0 Å². The van der Waals surface area contributed by atoms with E-state index in [9.17, 15) is 0 Å². The standard InChI is InChI=1S/C20H34O3Si/c1-8-19-9-11-20(12-10-19)24(21-13-16(2)3,22-14-17(4)5)23-15-18(6)7/h8-12,16-18H,1,13-15H2,2-7H3. The van der Waals surface area contributed by atoms with Crippen molar-refractivity contribution in [2.24, 2.45) is 17.8 Å². The maximum atomic E-state index is 6.32. The number of hydrogen-bond donors (Lipinski definition) is 0. The molecule has 0 aliphatic rings. The molecular weight excluding hydrogens is 316 g/mol. The third kappa shape index (κ3) is 6.89. The smallest absolute Gasteiger partial charge is 0.370 e. The Morgan fingerprint density at radius 3 is 1.46 bits per heavy atom. The van der Waals surface area contributed by atoms with Crippen LogP contribution in [0, 0.1) is 17.8 Å². The second-order valence-electron chi connectivity index (χ2n) is 7.50. The monoisotopic (exact) mass is 350 g/mol. The van der Waals surface area contributed by atoms with Gasteiger partial charge in [0, 0.05) is 25.0 Å². The molecule has 0 aromatic heterocycles. The molecule has 0 spiro atoms. The van der Waals surface area contributed by atoms with Gasteiger partial charge in [0.25, 0.3) is 0 Å². The summed E-state index contributed by atoms with van der Waals surface area (Å²) in [5.41, 5.74) is 1.08. The van der Waals surface area contributed by atoms with Gasteiger partial charge in [-0.3, -0.25) is 0 Å². The Morgan fingerprint density at radius 1 is 0.792 bits per heavy atom. The van der Waals surface area contributed by atoms with Gasteiger partial charge < -0.3 is 13.3 Å². The fraction of sp³-hybridized carbons (Fsp3) is 0.600. The summed E-state index contributed by atoms with van der Waals surface area (Å²) in [5.74, 6) is 1.28. The topological polar surface area (TPSA) is 27.7 Å². The predicted octanol–water partition coefficient (Wildman–Crippen LogP) is 4.49. The molecule has 136 valence electrons. The summed E-state index contributed by atoms with van der Waals surface area (Å²) in [6, 6.07) is 8.20. The van der Waals surface area contributed by atoms with Crippen molar-refractivity contribution in [1.82, 2.24) is 0 Å². The second-order valence-corrected chi connectivity index (χ2v) is 10.1. The molecule has 24 heavy (non-hydrogen) atoms. The molecule has 0 saturated carbocycles. The molecule has 0 bridgehead atoms. The van der Waals surface area contributed by atoms with Gasteiger partial charge in [0.15, 0.2) is 0 Å². The number of rotatable bonds is 11. The lowest BCUT2D eigenvalue weighted by Gasteiger charge is -2.32. The first-order valence-corrected chi connectivity index (χ1v) is 10.7. The van der Waals surface area contributed by atoms with Crippen molar-refractivity contribution in [1.29, 1.82) is 0 Å². The highest BCUT2D eigenvalue weighted by atomic mass is 28.4. The van der Waals surface area contributed by atoms with Gasteiger partial charge in [-0.1, -0.05) is 78.5 Å². The zero-order chi connectivity index (χ0) is 18.2. The largest absolute Gasteiger partial charge is 0.537 e. The maximum Gasteiger partial charge on any atom is 0.537 e. The molecule has 0 amide bonds. The molecule has 4 heteroatoms. The van der Waals surface area contributed by atoms with Crippen LogP contribution in [0.2, 0.25) is 0 Å². The third-order valence-electron chi connectivity index (χ3n) is 3.32. The van der Waals surface area contributed by atoms with E-state index < -0.39 is 8.80 Å². The lowest BCUT2D eigenvalue weighted by Crippen LogP contribution is -2.58. The molecule has 1 rings (SSSR count). The van der Waals surface area contributed by atoms with Crippen LogP contribution in [0.5, 0.6) is 0 Å². The highest BCUT2D eigenvalue weighted by Crippen LogP contribution is 2.16. The lowest BCUT2D eigenvalue weighted by atomic mass is 10.2. The van der Waals surface area contributed by atoms with Crippen LogP contribution in [-0.4, -0.2) is 28.6 Å². The average Bonchev–Trinajstić information content (AvgIpc) is 2.54. The highest BCUT2D eigenvalue weighted by Gasteiger charge is 2.44. The van der Waals surface area contributed by atoms with Crippen LogP contribution >= 0.6 is 0 Å². The first-order chi connectivity index (χ1) is 11.3. The zero-order valence-corrected chi connectivity index (χ0v) is 17.2. The molecule has 0 radical (unpaired) electrons. The van der Waals surface area contributed by atoms with Gasteiger partial charge >= 0.3 is 8.80 Å². The van der Waals surface area contributed by atoms with Gasteiger partial charge in [-0.2, -0.15) is 0 Å². The van der Waals surface area contributed by atoms with Crippen LogP contribution in [0.3, 0.4) is 0 Å². The molecule has 0 unspecified atom stereocenters. The highest BCUT2D eigenvalue weighted by molar-refractivity contribution is 6.75. The van der Waals surface area contributed by atoms with Crippen molar-refractivity contribution < 1.29 is 13.3 Å². The normalized spacial score (nSPS) is 12.4. The summed E-state index contributed by atoms with van der Waals surface area (Å²) < 4.78 is 19.0. The molecule has 0 fully saturated rings. The van der Waals surface area contributed by atoms with Crippen molar-refractivity contribution in [2.75, 3.05) is 19.8 Å². The van der Waals surface area contributed by atoms with Gasteiger partial charge in [-0.15, -0.1) is 0 Å². The van der Waals surface area contributed by atoms with Crippen molar-refractivity contribution in [3.8, 4) is 0 Å². The van der Waals surface area contributed by atoms with Crippen molar-refractivity contribution in [3.05, 3.63) is 36.4 Å². The maximum absolute atomic E-state index is 6.32. The Balaban J connectivity index is 3.15. The summed E-state index contributed by atoms with van der Waals surface area (Å²) in [7, 11) is -2.93. The van der Waals surface area contributed by atoms with Crippen LogP contribution < -0.4 is 5.19 Å². The van der Waals surface area contributed by atoms with E-state index in [0.717, 1.165) is 10.8 Å². The minimum Gasteiger partial charge on any atom is -0.370 e. The number of hydrogen-bond acceptors (Lipinski definition) is 3. The minimum atomic E-state index is -2.93. The molecule has 3 nitrogen and oxygen atoms in total. The average molecular weight is 351 g/mol. The predicted molar refractivity (Wildman–Crippen MR) is 104 cm³/mol. The van der Waals surface area contributed by atoms with E-state index in [2.05, 4.69) is 60.3 Å². The molecule has 0 N–H and O–H groups in total. The Kier molecular flexibility index (Phi) is 8.91. The third-order valence-corrected chi connectivity index (χ3v) is 6.00. The van der Waals surface area contributed by atoms with Gasteiger partial charge in [0.1, 0.15) is 0 Å². The van der Waals surface area contributed by atoms with Crippen LogP contribution in [0.15, 0.2) is 30.8 Å². The van der Waals surface area contributed by atoms with Crippen LogP contribution in [0.1, 0.15) is 47.1 Å². The molecule has 0 aliphatic heterocycles. The van der Waals surface area contributed by atoms with Crippen LogP contribution in [0.4, 0.5) is 0 Å². The van der Waals surface area contributed by atoms with E-state index in [1.807, 2.05) is 18.2 Å². The van der Waals surface area contributed by atoms with E-state index in [1.165, 1.54) is 0 Å². The summed E-state index contributed by atoms with van der Waals surface area (Å²) in [5, 5.41) is 1.02. The fourth-order valence-electron chi connectivity index (χ4n) is 2.03.